The van der Waals surface area contributed by atoms with Crippen molar-refractivity contribution in [2.45, 2.75) is 10.7 Å². The summed E-state index contributed by atoms with van der Waals surface area (Å²) in [5.41, 5.74) is 4.91. The van der Waals surface area contributed by atoms with Gasteiger partial charge in [0, 0.05) is 10.7 Å². The number of carbonyl (C=O) groups excluding carboxylic acids is 2. The first-order valence-electron chi connectivity index (χ1n) is 7.10. The lowest BCUT2D eigenvalue weighted by atomic mass is 9.94. The predicted molar refractivity (Wildman–Crippen MR) is 99.8 cm³/mol. The number of ether oxygens (including phenoxy) is 2. The molecule has 126 valence electrons. The third-order valence-electron chi connectivity index (χ3n) is 3.63. The highest BCUT2D eigenvalue weighted by Gasteiger charge is 2.15. The van der Waals surface area contributed by atoms with Gasteiger partial charge in [0.1, 0.15) is 0 Å². The molecule has 0 unspecified atom stereocenters. The van der Waals surface area contributed by atoms with Crippen LogP contribution in [0.4, 0.5) is 0 Å². The largest absolute Gasteiger partial charge is 0.465 e. The maximum absolute atomic E-state index is 11.7. The predicted octanol–water partition coefficient (Wildman–Crippen LogP) is 4.72. The van der Waals surface area contributed by atoms with Gasteiger partial charge in [-0.2, -0.15) is 0 Å². The van der Waals surface area contributed by atoms with Gasteiger partial charge in [-0.25, -0.2) is 9.59 Å². The molecule has 0 aliphatic carbocycles. The van der Waals surface area contributed by atoms with Crippen LogP contribution >= 0.6 is 31.9 Å². The second kappa shape index (κ2) is 8.44. The second-order valence-corrected chi connectivity index (χ2v) is 6.12. The van der Waals surface area contributed by atoms with Crippen molar-refractivity contribution < 1.29 is 19.1 Å². The lowest BCUT2D eigenvalue weighted by molar-refractivity contribution is 0.0591. The molecule has 0 saturated carbocycles. The molecule has 0 N–H and O–H groups in total. The van der Waals surface area contributed by atoms with Crippen LogP contribution in [-0.2, 0) is 20.1 Å². The Morgan fingerprint density at radius 3 is 1.46 bits per heavy atom. The molecule has 2 aromatic carbocycles. The van der Waals surface area contributed by atoms with Crippen LogP contribution < -0.4 is 0 Å². The zero-order valence-electron chi connectivity index (χ0n) is 13.3. The highest BCUT2D eigenvalue weighted by Crippen LogP contribution is 2.31. The highest BCUT2D eigenvalue weighted by molar-refractivity contribution is 9.08. The van der Waals surface area contributed by atoms with Crippen molar-refractivity contribution in [2.75, 3.05) is 14.2 Å². The summed E-state index contributed by atoms with van der Waals surface area (Å²) in [6.07, 6.45) is 0. The molecular weight excluding hydrogens is 440 g/mol. The van der Waals surface area contributed by atoms with E-state index in [2.05, 4.69) is 31.9 Å². The van der Waals surface area contributed by atoms with Crippen LogP contribution in [0.3, 0.4) is 0 Å². The van der Waals surface area contributed by atoms with E-state index in [0.29, 0.717) is 21.8 Å². The summed E-state index contributed by atoms with van der Waals surface area (Å²) in [5.74, 6) is -0.740. The van der Waals surface area contributed by atoms with Gasteiger partial charge in [0.15, 0.2) is 0 Å². The van der Waals surface area contributed by atoms with E-state index in [1.807, 2.05) is 24.3 Å². The van der Waals surface area contributed by atoms with E-state index >= 15 is 0 Å². The number of benzene rings is 2. The van der Waals surface area contributed by atoms with Crippen molar-refractivity contribution in [2.24, 2.45) is 0 Å². The maximum Gasteiger partial charge on any atom is 0.337 e. The molecule has 0 amide bonds. The van der Waals surface area contributed by atoms with Crippen LogP contribution in [0.1, 0.15) is 31.8 Å². The minimum Gasteiger partial charge on any atom is -0.465 e. The monoisotopic (exact) mass is 454 g/mol. The number of carbonyl (C=O) groups is 2. The molecule has 2 rings (SSSR count). The molecule has 0 bridgehead atoms. The lowest BCUT2D eigenvalue weighted by Gasteiger charge is -2.14. The molecule has 6 heteroatoms. The Morgan fingerprint density at radius 2 is 1.17 bits per heavy atom. The maximum atomic E-state index is 11.7. The zero-order chi connectivity index (χ0) is 17.7. The van der Waals surface area contributed by atoms with Crippen LogP contribution in [0, 0.1) is 0 Å². The highest BCUT2D eigenvalue weighted by atomic mass is 79.9. The fourth-order valence-corrected chi connectivity index (χ4v) is 3.35. The van der Waals surface area contributed by atoms with Gasteiger partial charge < -0.3 is 9.47 Å². The van der Waals surface area contributed by atoms with E-state index in [4.69, 9.17) is 9.47 Å². The molecule has 2 aromatic rings. The van der Waals surface area contributed by atoms with E-state index in [9.17, 15) is 9.59 Å². The average Bonchev–Trinajstić information content (AvgIpc) is 2.65. The van der Waals surface area contributed by atoms with Crippen molar-refractivity contribution >= 4 is 43.8 Å². The fourth-order valence-electron chi connectivity index (χ4n) is 2.42. The third-order valence-corrected chi connectivity index (χ3v) is 4.84. The normalized spacial score (nSPS) is 10.3. The molecule has 4 nitrogen and oxygen atoms in total. The van der Waals surface area contributed by atoms with Crippen molar-refractivity contribution in [1.82, 2.24) is 0 Å². The smallest absolute Gasteiger partial charge is 0.337 e. The zero-order valence-corrected chi connectivity index (χ0v) is 16.4. The quantitative estimate of drug-likeness (QED) is 0.483. The van der Waals surface area contributed by atoms with Gasteiger partial charge in [0.25, 0.3) is 0 Å². The first-order valence-corrected chi connectivity index (χ1v) is 9.34. The summed E-state index contributed by atoms with van der Waals surface area (Å²) in [4.78, 5) is 23.4. The van der Waals surface area contributed by atoms with Crippen molar-refractivity contribution in [3.63, 3.8) is 0 Å². The van der Waals surface area contributed by atoms with Gasteiger partial charge in [-0.3, -0.25) is 0 Å². The van der Waals surface area contributed by atoms with E-state index in [1.165, 1.54) is 14.2 Å². The first kappa shape index (κ1) is 18.7. The first-order chi connectivity index (χ1) is 11.5. The van der Waals surface area contributed by atoms with Crippen molar-refractivity contribution in [1.29, 1.82) is 0 Å². The van der Waals surface area contributed by atoms with Crippen LogP contribution in [-0.4, -0.2) is 26.2 Å². The number of esters is 2. The number of rotatable bonds is 5. The summed E-state index contributed by atoms with van der Waals surface area (Å²) in [5, 5.41) is 1.18. The average molecular weight is 456 g/mol. The van der Waals surface area contributed by atoms with Crippen LogP contribution in [0.15, 0.2) is 36.4 Å². The van der Waals surface area contributed by atoms with Crippen LogP contribution in [0.2, 0.25) is 0 Å². The summed E-state index contributed by atoms with van der Waals surface area (Å²) >= 11 is 6.94. The van der Waals surface area contributed by atoms with Gasteiger partial charge in [0.05, 0.1) is 25.3 Å². The molecule has 0 spiro atoms. The Hall–Kier alpha value is -1.66. The van der Waals surface area contributed by atoms with Gasteiger partial charge in [-0.15, -0.1) is 0 Å². The van der Waals surface area contributed by atoms with E-state index in [0.717, 1.165) is 22.3 Å². The summed E-state index contributed by atoms with van der Waals surface area (Å²) in [6, 6.07) is 10.9. The van der Waals surface area contributed by atoms with Gasteiger partial charge in [-0.1, -0.05) is 44.0 Å². The van der Waals surface area contributed by atoms with Gasteiger partial charge in [-0.05, 0) is 46.5 Å². The SMILES string of the molecule is COC(=O)c1ccc(-c2ccc(C(=O)OC)cc2CBr)c(CBr)c1. The second-order valence-electron chi connectivity index (χ2n) is 4.99. The Balaban J connectivity index is 2.55. The summed E-state index contributed by atoms with van der Waals surface area (Å²) in [7, 11) is 2.72. The molecular formula is C18H16Br2O4. The van der Waals surface area contributed by atoms with E-state index in [-0.39, 0.29) is 11.9 Å². The fraction of sp³-hybridized carbons (Fsp3) is 0.222. The number of hydrogen-bond donors (Lipinski definition) is 0. The Labute approximate surface area is 157 Å². The molecule has 0 heterocycles. The van der Waals surface area contributed by atoms with Crippen molar-refractivity contribution in [3.05, 3.63) is 58.7 Å². The number of hydrogen-bond acceptors (Lipinski definition) is 4. The molecule has 0 aliphatic heterocycles. The Morgan fingerprint density at radius 1 is 0.792 bits per heavy atom. The standard InChI is InChI=1S/C18H16Br2O4/c1-23-17(21)11-3-5-15(13(7-11)9-19)16-6-4-12(18(22)24-2)8-14(16)10-20/h3-8H,9-10H2,1-2H3. The van der Waals surface area contributed by atoms with Gasteiger partial charge >= 0.3 is 11.9 Å². The topological polar surface area (TPSA) is 52.6 Å². The minimum atomic E-state index is -0.370. The molecule has 0 aliphatic rings. The summed E-state index contributed by atoms with van der Waals surface area (Å²) in [6.45, 7) is 0. The number of halogens is 2. The molecule has 24 heavy (non-hydrogen) atoms. The summed E-state index contributed by atoms with van der Waals surface area (Å²) < 4.78 is 9.54. The van der Waals surface area contributed by atoms with E-state index in [1.54, 1.807) is 12.1 Å². The van der Waals surface area contributed by atoms with E-state index < -0.39 is 0 Å². The number of methoxy groups -OCH3 is 2. The molecule has 0 atom stereocenters. The molecule has 0 fully saturated rings. The Bertz CT molecular complexity index is 706. The molecule has 0 saturated heterocycles. The van der Waals surface area contributed by atoms with Crippen molar-refractivity contribution in [3.8, 4) is 11.1 Å². The molecule has 0 aromatic heterocycles. The third kappa shape index (κ3) is 3.87. The van der Waals surface area contributed by atoms with Crippen LogP contribution in [0.25, 0.3) is 11.1 Å². The van der Waals surface area contributed by atoms with Crippen LogP contribution in [0.5, 0.6) is 0 Å². The van der Waals surface area contributed by atoms with Gasteiger partial charge in [0.2, 0.25) is 0 Å². The lowest BCUT2D eigenvalue weighted by Crippen LogP contribution is -2.04. The number of alkyl halides is 2. The Kier molecular flexibility index (Phi) is 6.57. The minimum absolute atomic E-state index is 0.370. The molecule has 0 radical (unpaired) electrons.